The van der Waals surface area contributed by atoms with Crippen LogP contribution in [0.3, 0.4) is 0 Å². The number of hydrogen-bond acceptors (Lipinski definition) is 3. The van der Waals surface area contributed by atoms with Gasteiger partial charge in [-0.1, -0.05) is 19.1 Å². The topological polar surface area (TPSA) is 18.5 Å². The summed E-state index contributed by atoms with van der Waals surface area (Å²) in [4.78, 5) is 4.99. The molecule has 1 aliphatic rings. The first kappa shape index (κ1) is 13.4. The minimum atomic E-state index is 0.427. The van der Waals surface area contributed by atoms with E-state index in [0.29, 0.717) is 6.04 Å². The van der Waals surface area contributed by atoms with Crippen molar-refractivity contribution in [2.45, 2.75) is 19.9 Å². The number of hydrogen-bond donors (Lipinski definition) is 1. The van der Waals surface area contributed by atoms with Crippen molar-refractivity contribution in [3.05, 3.63) is 29.8 Å². The lowest BCUT2D eigenvalue weighted by molar-refractivity contribution is 0.271. The van der Waals surface area contributed by atoms with Crippen LogP contribution in [-0.2, 0) is 0 Å². The van der Waals surface area contributed by atoms with Crippen LogP contribution in [0.2, 0.25) is 0 Å². The summed E-state index contributed by atoms with van der Waals surface area (Å²) >= 11 is 0. The second-order valence-electron chi connectivity index (χ2n) is 5.02. The standard InChI is InChI=1S/C15H25N3/c1-4-17-9-11-18(12-10-17)15-7-5-14(6-8-15)13(2)16-3/h5-8,13,16H,4,9-12H2,1-3H3. The van der Waals surface area contributed by atoms with Crippen LogP contribution >= 0.6 is 0 Å². The van der Waals surface area contributed by atoms with Gasteiger partial charge in [-0.05, 0) is 38.2 Å². The van der Waals surface area contributed by atoms with E-state index < -0.39 is 0 Å². The molecule has 0 spiro atoms. The highest BCUT2D eigenvalue weighted by Gasteiger charge is 2.15. The van der Waals surface area contributed by atoms with Crippen molar-refractivity contribution in [3.63, 3.8) is 0 Å². The third-order valence-electron chi connectivity index (χ3n) is 4.01. The van der Waals surface area contributed by atoms with Gasteiger partial charge in [0.25, 0.3) is 0 Å². The van der Waals surface area contributed by atoms with Gasteiger partial charge in [0.05, 0.1) is 0 Å². The maximum atomic E-state index is 3.27. The van der Waals surface area contributed by atoms with E-state index >= 15 is 0 Å². The van der Waals surface area contributed by atoms with Crippen LogP contribution in [0.1, 0.15) is 25.5 Å². The molecule has 100 valence electrons. The molecule has 3 nitrogen and oxygen atoms in total. The van der Waals surface area contributed by atoms with Crippen LogP contribution in [0.4, 0.5) is 5.69 Å². The van der Waals surface area contributed by atoms with E-state index in [4.69, 9.17) is 0 Å². The smallest absolute Gasteiger partial charge is 0.0367 e. The van der Waals surface area contributed by atoms with E-state index in [0.717, 1.165) is 13.1 Å². The van der Waals surface area contributed by atoms with Gasteiger partial charge in [0.1, 0.15) is 0 Å². The van der Waals surface area contributed by atoms with Gasteiger partial charge in [-0.25, -0.2) is 0 Å². The van der Waals surface area contributed by atoms with E-state index in [1.165, 1.54) is 30.9 Å². The molecular formula is C15H25N3. The SMILES string of the molecule is CCN1CCN(c2ccc(C(C)NC)cc2)CC1. The molecule has 1 aromatic carbocycles. The molecule has 1 N–H and O–H groups in total. The predicted octanol–water partition coefficient (Wildman–Crippen LogP) is 2.11. The minimum absolute atomic E-state index is 0.427. The maximum absolute atomic E-state index is 3.27. The second kappa shape index (κ2) is 6.21. The van der Waals surface area contributed by atoms with Crippen LogP contribution in [-0.4, -0.2) is 44.7 Å². The highest BCUT2D eigenvalue weighted by molar-refractivity contribution is 5.48. The van der Waals surface area contributed by atoms with Crippen molar-refractivity contribution in [1.82, 2.24) is 10.2 Å². The van der Waals surface area contributed by atoms with Crippen molar-refractivity contribution in [2.24, 2.45) is 0 Å². The highest BCUT2D eigenvalue weighted by atomic mass is 15.3. The molecule has 1 atom stereocenters. The lowest BCUT2D eigenvalue weighted by atomic mass is 10.1. The molecule has 0 aliphatic carbocycles. The molecular weight excluding hydrogens is 222 g/mol. The van der Waals surface area contributed by atoms with E-state index in [9.17, 15) is 0 Å². The first-order valence-corrected chi connectivity index (χ1v) is 6.99. The van der Waals surface area contributed by atoms with Crippen molar-refractivity contribution in [1.29, 1.82) is 0 Å². The fourth-order valence-electron chi connectivity index (χ4n) is 2.46. The Balaban J connectivity index is 1.98. The van der Waals surface area contributed by atoms with E-state index in [1.54, 1.807) is 0 Å². The number of benzene rings is 1. The average molecular weight is 247 g/mol. The summed E-state index contributed by atoms with van der Waals surface area (Å²) < 4.78 is 0. The molecule has 2 rings (SSSR count). The molecule has 1 saturated heterocycles. The van der Waals surface area contributed by atoms with Gasteiger partial charge in [0.15, 0.2) is 0 Å². The lowest BCUT2D eigenvalue weighted by Gasteiger charge is -2.35. The fourth-order valence-corrected chi connectivity index (χ4v) is 2.46. The van der Waals surface area contributed by atoms with E-state index in [2.05, 4.69) is 53.2 Å². The van der Waals surface area contributed by atoms with Gasteiger partial charge in [0, 0.05) is 37.9 Å². The maximum Gasteiger partial charge on any atom is 0.0367 e. The Morgan fingerprint density at radius 2 is 1.72 bits per heavy atom. The summed E-state index contributed by atoms with van der Waals surface area (Å²) in [7, 11) is 2.00. The lowest BCUT2D eigenvalue weighted by Crippen LogP contribution is -2.46. The first-order chi connectivity index (χ1) is 8.74. The summed E-state index contributed by atoms with van der Waals surface area (Å²) in [5.41, 5.74) is 2.71. The molecule has 0 amide bonds. The predicted molar refractivity (Wildman–Crippen MR) is 78.2 cm³/mol. The molecule has 1 heterocycles. The quantitative estimate of drug-likeness (QED) is 0.879. The number of anilines is 1. The minimum Gasteiger partial charge on any atom is -0.369 e. The summed E-state index contributed by atoms with van der Waals surface area (Å²) in [5.74, 6) is 0. The van der Waals surface area contributed by atoms with Gasteiger partial charge in [-0.2, -0.15) is 0 Å². The van der Waals surface area contributed by atoms with Crippen molar-refractivity contribution >= 4 is 5.69 Å². The molecule has 1 unspecified atom stereocenters. The highest BCUT2D eigenvalue weighted by Crippen LogP contribution is 2.20. The van der Waals surface area contributed by atoms with Gasteiger partial charge in [0.2, 0.25) is 0 Å². The van der Waals surface area contributed by atoms with Gasteiger partial charge in [-0.15, -0.1) is 0 Å². The molecule has 18 heavy (non-hydrogen) atoms. The van der Waals surface area contributed by atoms with Crippen molar-refractivity contribution < 1.29 is 0 Å². The Bertz CT molecular complexity index is 353. The monoisotopic (exact) mass is 247 g/mol. The molecule has 1 aliphatic heterocycles. The van der Waals surface area contributed by atoms with Gasteiger partial charge in [-0.3, -0.25) is 0 Å². The van der Waals surface area contributed by atoms with Crippen LogP contribution in [0.15, 0.2) is 24.3 Å². The van der Waals surface area contributed by atoms with Crippen LogP contribution < -0.4 is 10.2 Å². The summed E-state index contributed by atoms with van der Waals surface area (Å²) in [5, 5.41) is 3.27. The Morgan fingerprint density at radius 1 is 1.11 bits per heavy atom. The van der Waals surface area contributed by atoms with Crippen LogP contribution in [0, 0.1) is 0 Å². The number of nitrogens with one attached hydrogen (secondary N) is 1. The zero-order chi connectivity index (χ0) is 13.0. The third-order valence-corrected chi connectivity index (χ3v) is 4.01. The number of nitrogens with zero attached hydrogens (tertiary/aromatic N) is 2. The Kier molecular flexibility index (Phi) is 4.61. The largest absolute Gasteiger partial charge is 0.369 e. The summed E-state index contributed by atoms with van der Waals surface area (Å²) in [6, 6.07) is 9.41. The molecule has 0 radical (unpaired) electrons. The number of piperazine rings is 1. The average Bonchev–Trinajstić information content (AvgIpc) is 2.47. The molecule has 0 aromatic heterocycles. The van der Waals surface area contributed by atoms with Crippen LogP contribution in [0.5, 0.6) is 0 Å². The molecule has 0 saturated carbocycles. The zero-order valence-electron chi connectivity index (χ0n) is 11.8. The number of likely N-dealkylation sites (N-methyl/N-ethyl adjacent to an activating group) is 1. The normalized spacial score (nSPS) is 18.9. The van der Waals surface area contributed by atoms with Crippen LogP contribution in [0.25, 0.3) is 0 Å². The third kappa shape index (κ3) is 3.03. The Hall–Kier alpha value is -1.06. The van der Waals surface area contributed by atoms with Gasteiger partial charge < -0.3 is 15.1 Å². The van der Waals surface area contributed by atoms with Crippen molar-refractivity contribution in [3.8, 4) is 0 Å². The Morgan fingerprint density at radius 3 is 2.22 bits per heavy atom. The molecule has 3 heteroatoms. The fraction of sp³-hybridized carbons (Fsp3) is 0.600. The Labute approximate surface area is 111 Å². The van der Waals surface area contributed by atoms with Gasteiger partial charge >= 0.3 is 0 Å². The zero-order valence-corrected chi connectivity index (χ0v) is 11.8. The van der Waals surface area contributed by atoms with E-state index in [-0.39, 0.29) is 0 Å². The molecule has 0 bridgehead atoms. The van der Waals surface area contributed by atoms with E-state index in [1.807, 2.05) is 7.05 Å². The molecule has 1 aromatic rings. The summed E-state index contributed by atoms with van der Waals surface area (Å²) in [6.07, 6.45) is 0. The number of rotatable bonds is 4. The second-order valence-corrected chi connectivity index (χ2v) is 5.02. The first-order valence-electron chi connectivity index (χ1n) is 6.99. The summed E-state index contributed by atoms with van der Waals surface area (Å²) in [6.45, 7) is 10.3. The molecule has 1 fully saturated rings. The van der Waals surface area contributed by atoms with Crippen molar-refractivity contribution in [2.75, 3.05) is 44.7 Å².